The first kappa shape index (κ1) is 19.0. The van der Waals surface area contributed by atoms with Crippen molar-refractivity contribution in [1.82, 2.24) is 9.55 Å². The van der Waals surface area contributed by atoms with E-state index in [-0.39, 0.29) is 18.1 Å². The normalized spacial score (nSPS) is 18.4. The first-order valence-electron chi connectivity index (χ1n) is 8.97. The molecule has 1 fully saturated rings. The summed E-state index contributed by atoms with van der Waals surface area (Å²) >= 11 is 6.09. The minimum absolute atomic E-state index is 0.0193. The standard InChI is InChI=1S/C20H19ClN2O4S/c21-16-6-7-18-17(10-16)22-19(23(18)11-14-4-2-1-3-5-14)12-27-20(24)15-8-9-28(25,26)13-15/h1-7,10,15H,8-9,11-13H2. The van der Waals surface area contributed by atoms with E-state index in [1.807, 2.05) is 41.0 Å². The number of carbonyl (C=O) groups is 1. The molecule has 28 heavy (non-hydrogen) atoms. The number of nitrogens with zero attached hydrogens (tertiary/aromatic N) is 2. The van der Waals surface area contributed by atoms with Crippen LogP contribution in [0.5, 0.6) is 0 Å². The minimum atomic E-state index is -3.13. The fraction of sp³-hybridized carbons (Fsp3) is 0.300. The summed E-state index contributed by atoms with van der Waals surface area (Å²) in [5.41, 5.74) is 2.70. The second kappa shape index (κ2) is 7.56. The van der Waals surface area contributed by atoms with Gasteiger partial charge in [0.2, 0.25) is 0 Å². The van der Waals surface area contributed by atoms with E-state index < -0.39 is 21.7 Å². The molecule has 1 aliphatic rings. The molecule has 0 N–H and O–H groups in total. The Bertz CT molecular complexity index is 1130. The van der Waals surface area contributed by atoms with Crippen molar-refractivity contribution in [1.29, 1.82) is 0 Å². The number of aromatic nitrogens is 2. The van der Waals surface area contributed by atoms with Crippen LogP contribution in [0.2, 0.25) is 5.02 Å². The number of hydrogen-bond acceptors (Lipinski definition) is 5. The topological polar surface area (TPSA) is 78.3 Å². The fourth-order valence-corrected chi connectivity index (χ4v) is 5.33. The molecule has 0 aliphatic carbocycles. The average molecular weight is 419 g/mol. The van der Waals surface area contributed by atoms with Crippen LogP contribution in [0.4, 0.5) is 0 Å². The Hall–Kier alpha value is -2.38. The number of imidazole rings is 1. The quantitative estimate of drug-likeness (QED) is 0.594. The number of fused-ring (bicyclic) bond motifs is 1. The summed E-state index contributed by atoms with van der Waals surface area (Å²) in [6, 6.07) is 15.4. The number of halogens is 1. The summed E-state index contributed by atoms with van der Waals surface area (Å²) in [5.74, 6) is -0.584. The maximum absolute atomic E-state index is 12.3. The number of rotatable bonds is 5. The summed E-state index contributed by atoms with van der Waals surface area (Å²) in [5, 5.41) is 0.580. The van der Waals surface area contributed by atoms with E-state index >= 15 is 0 Å². The Labute approximate surface area is 168 Å². The number of ether oxygens (including phenoxy) is 1. The molecular weight excluding hydrogens is 400 g/mol. The molecule has 2 heterocycles. The smallest absolute Gasteiger partial charge is 0.310 e. The molecular formula is C20H19ClN2O4S. The molecule has 8 heteroatoms. The molecule has 0 amide bonds. The second-order valence-corrected chi connectivity index (χ2v) is 9.61. The molecule has 1 saturated heterocycles. The van der Waals surface area contributed by atoms with E-state index in [1.165, 1.54) is 0 Å². The third kappa shape index (κ3) is 4.05. The van der Waals surface area contributed by atoms with Crippen molar-refractivity contribution in [2.75, 3.05) is 11.5 Å². The maximum atomic E-state index is 12.3. The number of sulfone groups is 1. The van der Waals surface area contributed by atoms with Crippen LogP contribution in [-0.4, -0.2) is 35.4 Å². The lowest BCUT2D eigenvalue weighted by atomic mass is 10.1. The van der Waals surface area contributed by atoms with Gasteiger partial charge in [-0.25, -0.2) is 13.4 Å². The summed E-state index contributed by atoms with van der Waals surface area (Å²) in [4.78, 5) is 16.9. The Balaban J connectivity index is 1.59. The molecule has 1 atom stereocenters. The molecule has 1 unspecified atom stereocenters. The van der Waals surface area contributed by atoms with Crippen molar-refractivity contribution >= 4 is 38.4 Å². The third-order valence-electron chi connectivity index (χ3n) is 4.88. The van der Waals surface area contributed by atoms with Gasteiger partial charge in [0, 0.05) is 11.6 Å². The van der Waals surface area contributed by atoms with Crippen LogP contribution in [-0.2, 0) is 32.5 Å². The highest BCUT2D eigenvalue weighted by molar-refractivity contribution is 7.91. The van der Waals surface area contributed by atoms with Crippen molar-refractivity contribution in [2.45, 2.75) is 19.6 Å². The van der Waals surface area contributed by atoms with E-state index in [1.54, 1.807) is 12.1 Å². The molecule has 0 saturated carbocycles. The Morgan fingerprint density at radius 1 is 1.21 bits per heavy atom. The zero-order chi connectivity index (χ0) is 19.7. The summed E-state index contributed by atoms with van der Waals surface area (Å²) in [6.07, 6.45) is 0.317. The molecule has 0 bridgehead atoms. The molecule has 1 aromatic heterocycles. The molecule has 0 radical (unpaired) electrons. The van der Waals surface area contributed by atoms with Gasteiger partial charge in [0.05, 0.1) is 28.5 Å². The van der Waals surface area contributed by atoms with Crippen molar-refractivity contribution in [3.8, 4) is 0 Å². The first-order chi connectivity index (χ1) is 13.4. The average Bonchev–Trinajstić information content (AvgIpc) is 3.20. The van der Waals surface area contributed by atoms with Gasteiger partial charge < -0.3 is 9.30 Å². The van der Waals surface area contributed by atoms with E-state index in [9.17, 15) is 13.2 Å². The van der Waals surface area contributed by atoms with Gasteiger partial charge in [0.25, 0.3) is 0 Å². The van der Waals surface area contributed by atoms with Gasteiger partial charge in [0.15, 0.2) is 9.84 Å². The molecule has 1 aliphatic heterocycles. The SMILES string of the molecule is O=C(OCc1nc2cc(Cl)ccc2n1Cc1ccccc1)C1CCS(=O)(=O)C1. The van der Waals surface area contributed by atoms with E-state index in [2.05, 4.69) is 4.98 Å². The zero-order valence-corrected chi connectivity index (χ0v) is 16.6. The molecule has 6 nitrogen and oxygen atoms in total. The molecule has 146 valence electrons. The lowest BCUT2D eigenvalue weighted by molar-refractivity contribution is -0.149. The number of benzene rings is 2. The molecule has 2 aromatic carbocycles. The number of esters is 1. The molecule has 3 aromatic rings. The molecule has 4 rings (SSSR count). The summed E-state index contributed by atoms with van der Waals surface area (Å²) in [7, 11) is -3.13. The third-order valence-corrected chi connectivity index (χ3v) is 6.89. The highest BCUT2D eigenvalue weighted by Crippen LogP contribution is 2.24. The highest BCUT2D eigenvalue weighted by Gasteiger charge is 2.34. The Morgan fingerprint density at radius 3 is 2.71 bits per heavy atom. The van der Waals surface area contributed by atoms with Crippen molar-refractivity contribution in [3.63, 3.8) is 0 Å². The van der Waals surface area contributed by atoms with Crippen molar-refractivity contribution in [3.05, 3.63) is 64.9 Å². The van der Waals surface area contributed by atoms with Crippen LogP contribution < -0.4 is 0 Å². The van der Waals surface area contributed by atoms with Crippen LogP contribution in [0.3, 0.4) is 0 Å². The van der Waals surface area contributed by atoms with Crippen LogP contribution in [0, 0.1) is 5.92 Å². The monoisotopic (exact) mass is 418 g/mol. The van der Waals surface area contributed by atoms with Crippen LogP contribution >= 0.6 is 11.6 Å². The van der Waals surface area contributed by atoms with Gasteiger partial charge in [0.1, 0.15) is 12.4 Å². The molecule has 0 spiro atoms. The van der Waals surface area contributed by atoms with Crippen molar-refractivity contribution in [2.24, 2.45) is 5.92 Å². The van der Waals surface area contributed by atoms with Gasteiger partial charge in [-0.3, -0.25) is 4.79 Å². The predicted molar refractivity (Wildman–Crippen MR) is 107 cm³/mol. The van der Waals surface area contributed by atoms with Crippen LogP contribution in [0.15, 0.2) is 48.5 Å². The lowest BCUT2D eigenvalue weighted by Gasteiger charge is -2.12. The lowest BCUT2D eigenvalue weighted by Crippen LogP contribution is -2.20. The minimum Gasteiger partial charge on any atom is -0.457 e. The predicted octanol–water partition coefficient (Wildman–Crippen LogP) is 3.22. The van der Waals surface area contributed by atoms with Gasteiger partial charge in [-0.2, -0.15) is 0 Å². The fourth-order valence-electron chi connectivity index (χ4n) is 3.44. The van der Waals surface area contributed by atoms with Crippen molar-refractivity contribution < 1.29 is 17.9 Å². The summed E-state index contributed by atoms with van der Waals surface area (Å²) < 4.78 is 30.6. The Morgan fingerprint density at radius 2 is 2.00 bits per heavy atom. The number of hydrogen-bond donors (Lipinski definition) is 0. The van der Waals surface area contributed by atoms with Crippen LogP contribution in [0.25, 0.3) is 11.0 Å². The van der Waals surface area contributed by atoms with Gasteiger partial charge >= 0.3 is 5.97 Å². The highest BCUT2D eigenvalue weighted by atomic mass is 35.5. The van der Waals surface area contributed by atoms with Gasteiger partial charge in [-0.05, 0) is 30.2 Å². The summed E-state index contributed by atoms with van der Waals surface area (Å²) in [6.45, 7) is 0.554. The van der Waals surface area contributed by atoms with E-state index in [0.717, 1.165) is 16.6 Å². The van der Waals surface area contributed by atoms with Crippen LogP contribution in [0.1, 0.15) is 17.8 Å². The first-order valence-corrected chi connectivity index (χ1v) is 11.2. The van der Waals surface area contributed by atoms with Gasteiger partial charge in [-0.1, -0.05) is 41.9 Å². The zero-order valence-electron chi connectivity index (χ0n) is 15.0. The van der Waals surface area contributed by atoms with E-state index in [4.69, 9.17) is 16.3 Å². The number of carbonyl (C=O) groups excluding carboxylic acids is 1. The van der Waals surface area contributed by atoms with Gasteiger partial charge in [-0.15, -0.1) is 0 Å². The maximum Gasteiger partial charge on any atom is 0.310 e. The Kier molecular flexibility index (Phi) is 5.12. The van der Waals surface area contributed by atoms with E-state index in [0.29, 0.717) is 23.8 Å². The second-order valence-electron chi connectivity index (χ2n) is 6.94. The largest absolute Gasteiger partial charge is 0.457 e.